The van der Waals surface area contributed by atoms with Crippen molar-refractivity contribution >= 4 is 8.56 Å². The van der Waals surface area contributed by atoms with E-state index in [1.165, 1.54) is 113 Å². The van der Waals surface area contributed by atoms with E-state index in [2.05, 4.69) is 83.8 Å². The van der Waals surface area contributed by atoms with Gasteiger partial charge in [0.05, 0.1) is 13.2 Å². The third-order valence-corrected chi connectivity index (χ3v) is 10.8. The Kier molecular flexibility index (Phi) is 32.2. The van der Waals surface area contributed by atoms with Crippen molar-refractivity contribution in [2.45, 2.75) is 195 Å². The Bertz CT molecular complexity index is 868. The van der Waals surface area contributed by atoms with Crippen LogP contribution in [0.5, 0.6) is 0 Å². The lowest BCUT2D eigenvalue weighted by Gasteiger charge is -2.29. The van der Waals surface area contributed by atoms with Gasteiger partial charge in [-0.2, -0.15) is 0 Å². The highest BCUT2D eigenvalue weighted by Gasteiger charge is 2.29. The van der Waals surface area contributed by atoms with Crippen molar-refractivity contribution in [1.82, 2.24) is 4.90 Å². The maximum Gasteiger partial charge on any atom is 0.333 e. The number of terminal acetylenes is 1. The summed E-state index contributed by atoms with van der Waals surface area (Å²) in [6.07, 6.45) is 40.0. The normalized spacial score (nSPS) is 13.2. The van der Waals surface area contributed by atoms with E-state index in [4.69, 9.17) is 20.0 Å². The molecule has 0 bridgehead atoms. The highest BCUT2D eigenvalue weighted by molar-refractivity contribution is 6.64. The molecule has 0 rings (SSSR count). The standard InChI is InChI=1S/C43H81NO3Si/c1-10-12-13-14-15-16-17-18-19-20-21-22-25-34-43(45-39-35-42(6)33-29-32-41(5)31-28-30-40(3)4)47-48(8,9)46-38-27-24-23-26-37-44(7)36-11-2/h2,30,32,35,43H,10,12-29,31,33-34,36-39H2,1,3-9H3/b41-32+,42-35+. The van der Waals surface area contributed by atoms with Gasteiger partial charge >= 0.3 is 8.56 Å². The molecule has 0 aliphatic heterocycles. The summed E-state index contributed by atoms with van der Waals surface area (Å²) in [5, 5.41) is 0. The summed E-state index contributed by atoms with van der Waals surface area (Å²) in [7, 11) is -0.193. The number of allylic oxidation sites excluding steroid dienone is 5. The summed E-state index contributed by atoms with van der Waals surface area (Å²) >= 11 is 0. The molecular formula is C43H81NO3Si. The van der Waals surface area contributed by atoms with E-state index in [-0.39, 0.29) is 6.29 Å². The fourth-order valence-corrected chi connectivity index (χ4v) is 7.41. The molecule has 0 heterocycles. The van der Waals surface area contributed by atoms with Crippen LogP contribution in [0.4, 0.5) is 0 Å². The first kappa shape index (κ1) is 46.8. The fourth-order valence-electron chi connectivity index (χ4n) is 5.88. The minimum absolute atomic E-state index is 0.188. The minimum atomic E-state index is -2.29. The van der Waals surface area contributed by atoms with Crippen molar-refractivity contribution in [3.05, 3.63) is 34.9 Å². The first-order valence-electron chi connectivity index (χ1n) is 20.1. The number of rotatable bonds is 34. The maximum absolute atomic E-state index is 6.61. The van der Waals surface area contributed by atoms with Gasteiger partial charge < -0.3 is 13.6 Å². The summed E-state index contributed by atoms with van der Waals surface area (Å²) < 4.78 is 19.3. The molecule has 0 saturated carbocycles. The van der Waals surface area contributed by atoms with Gasteiger partial charge in [0, 0.05) is 6.61 Å². The molecule has 48 heavy (non-hydrogen) atoms. The number of ether oxygens (including phenoxy) is 1. The van der Waals surface area contributed by atoms with Crippen molar-refractivity contribution in [2.24, 2.45) is 0 Å². The molecule has 0 spiro atoms. The van der Waals surface area contributed by atoms with Crippen LogP contribution in [0, 0.1) is 12.3 Å². The number of nitrogens with zero attached hydrogens (tertiary/aromatic N) is 1. The molecule has 0 aromatic rings. The predicted octanol–water partition coefficient (Wildman–Crippen LogP) is 13.1. The molecule has 280 valence electrons. The van der Waals surface area contributed by atoms with E-state index >= 15 is 0 Å². The quantitative estimate of drug-likeness (QED) is 0.0221. The molecule has 0 aromatic heterocycles. The van der Waals surface area contributed by atoms with Gasteiger partial charge in [0.25, 0.3) is 0 Å². The van der Waals surface area contributed by atoms with Gasteiger partial charge in [-0.05, 0) is 106 Å². The summed E-state index contributed by atoms with van der Waals surface area (Å²) in [5.74, 6) is 2.71. The topological polar surface area (TPSA) is 30.9 Å². The predicted molar refractivity (Wildman–Crippen MR) is 215 cm³/mol. The zero-order chi connectivity index (χ0) is 35.7. The van der Waals surface area contributed by atoms with E-state index in [1.807, 2.05) is 0 Å². The van der Waals surface area contributed by atoms with Gasteiger partial charge in [0.15, 0.2) is 0 Å². The van der Waals surface area contributed by atoms with Crippen LogP contribution in [0.25, 0.3) is 0 Å². The Labute approximate surface area is 302 Å². The lowest BCUT2D eigenvalue weighted by atomic mass is 10.0. The monoisotopic (exact) mass is 688 g/mol. The van der Waals surface area contributed by atoms with Gasteiger partial charge in [0.1, 0.15) is 6.29 Å². The van der Waals surface area contributed by atoms with Crippen LogP contribution < -0.4 is 0 Å². The van der Waals surface area contributed by atoms with Crippen molar-refractivity contribution in [1.29, 1.82) is 0 Å². The van der Waals surface area contributed by atoms with Crippen LogP contribution in [0.3, 0.4) is 0 Å². The van der Waals surface area contributed by atoms with E-state index < -0.39 is 8.56 Å². The van der Waals surface area contributed by atoms with Gasteiger partial charge in [-0.15, -0.1) is 6.42 Å². The van der Waals surface area contributed by atoms with Crippen molar-refractivity contribution in [3.63, 3.8) is 0 Å². The molecule has 0 fully saturated rings. The second-order valence-electron chi connectivity index (χ2n) is 15.0. The molecule has 0 saturated heterocycles. The summed E-state index contributed by atoms with van der Waals surface area (Å²) in [4.78, 5) is 2.21. The Morgan fingerprint density at radius 2 is 1.23 bits per heavy atom. The summed E-state index contributed by atoms with van der Waals surface area (Å²) in [6, 6.07) is 0. The molecule has 1 unspecified atom stereocenters. The maximum atomic E-state index is 6.61. The van der Waals surface area contributed by atoms with E-state index in [9.17, 15) is 0 Å². The van der Waals surface area contributed by atoms with Crippen LogP contribution >= 0.6 is 0 Å². The Balaban J connectivity index is 4.61. The molecule has 0 amide bonds. The summed E-state index contributed by atoms with van der Waals surface area (Å²) in [5.41, 5.74) is 4.28. The smallest absolute Gasteiger partial charge is 0.333 e. The molecule has 5 heteroatoms. The SMILES string of the molecule is C#CCN(C)CCCCCCO[Si](C)(C)OC(CCCCCCCCCCCCCCC)OC/C=C(\C)CC/C=C(\C)CCC=C(C)C. The first-order valence-corrected chi connectivity index (χ1v) is 22.9. The minimum Gasteiger partial charge on any atom is -0.394 e. The molecule has 4 nitrogen and oxygen atoms in total. The molecule has 0 aliphatic carbocycles. The fraction of sp³-hybridized carbons (Fsp3) is 0.814. The van der Waals surface area contributed by atoms with Crippen LogP contribution in [0.15, 0.2) is 34.9 Å². The molecular weight excluding hydrogens is 607 g/mol. The molecule has 0 aliphatic rings. The Morgan fingerprint density at radius 1 is 0.708 bits per heavy atom. The van der Waals surface area contributed by atoms with E-state index in [0.29, 0.717) is 6.61 Å². The lowest BCUT2D eigenvalue weighted by molar-refractivity contribution is -0.0939. The van der Waals surface area contributed by atoms with Gasteiger partial charge in [0.2, 0.25) is 0 Å². The number of hydrogen-bond acceptors (Lipinski definition) is 4. The second kappa shape index (κ2) is 33.0. The van der Waals surface area contributed by atoms with E-state index in [0.717, 1.165) is 64.6 Å². The highest BCUT2D eigenvalue weighted by Crippen LogP contribution is 2.19. The van der Waals surface area contributed by atoms with Crippen LogP contribution in [0.2, 0.25) is 13.1 Å². The van der Waals surface area contributed by atoms with Gasteiger partial charge in [-0.25, -0.2) is 0 Å². The van der Waals surface area contributed by atoms with Crippen LogP contribution in [-0.4, -0.2) is 53.1 Å². The van der Waals surface area contributed by atoms with E-state index in [1.54, 1.807) is 0 Å². The zero-order valence-electron chi connectivity index (χ0n) is 33.4. The number of hydrogen-bond donors (Lipinski definition) is 0. The van der Waals surface area contributed by atoms with Crippen LogP contribution in [0.1, 0.15) is 176 Å². The van der Waals surface area contributed by atoms with Crippen LogP contribution in [-0.2, 0) is 13.6 Å². The third-order valence-electron chi connectivity index (χ3n) is 9.04. The molecule has 0 N–H and O–H groups in total. The second-order valence-corrected chi connectivity index (χ2v) is 18.3. The Morgan fingerprint density at radius 3 is 1.81 bits per heavy atom. The Hall–Kier alpha value is -1.16. The highest BCUT2D eigenvalue weighted by atomic mass is 28.4. The molecule has 1 atom stereocenters. The first-order chi connectivity index (χ1) is 23.1. The van der Waals surface area contributed by atoms with Crippen molar-refractivity contribution < 1.29 is 13.6 Å². The summed E-state index contributed by atoms with van der Waals surface area (Å²) in [6.45, 7) is 18.6. The van der Waals surface area contributed by atoms with Gasteiger partial charge in [-0.3, -0.25) is 4.90 Å². The van der Waals surface area contributed by atoms with Crippen molar-refractivity contribution in [3.8, 4) is 12.3 Å². The number of unbranched alkanes of at least 4 members (excludes halogenated alkanes) is 15. The average molecular weight is 688 g/mol. The average Bonchev–Trinajstić information content (AvgIpc) is 3.02. The largest absolute Gasteiger partial charge is 0.394 e. The molecule has 0 aromatic carbocycles. The molecule has 0 radical (unpaired) electrons. The third kappa shape index (κ3) is 33.3. The zero-order valence-corrected chi connectivity index (χ0v) is 34.4. The lowest BCUT2D eigenvalue weighted by Crippen LogP contribution is -2.40. The van der Waals surface area contributed by atoms with Gasteiger partial charge in [-0.1, -0.05) is 138 Å². The van der Waals surface area contributed by atoms with Crippen molar-refractivity contribution in [2.75, 3.05) is 33.4 Å².